The van der Waals surface area contributed by atoms with E-state index in [4.69, 9.17) is 4.74 Å². The van der Waals surface area contributed by atoms with Gasteiger partial charge >= 0.3 is 0 Å². The molecule has 1 N–H and O–H groups in total. The first-order valence-electron chi connectivity index (χ1n) is 5.64. The molecule has 3 unspecified atom stereocenters. The SMILES string of the molecule is CCC1(C)CC2(CCO1)NCC(C)S2. The maximum atomic E-state index is 5.88. The van der Waals surface area contributed by atoms with Gasteiger partial charge in [-0.25, -0.2) is 0 Å². The quantitative estimate of drug-likeness (QED) is 0.725. The Labute approximate surface area is 91.2 Å². The van der Waals surface area contributed by atoms with Gasteiger partial charge in [0.1, 0.15) is 0 Å². The molecule has 2 rings (SSSR count). The van der Waals surface area contributed by atoms with Crippen molar-refractivity contribution in [1.82, 2.24) is 5.32 Å². The summed E-state index contributed by atoms with van der Waals surface area (Å²) >= 11 is 2.12. The molecular formula is C11H21NOS. The maximum Gasteiger partial charge on any atom is 0.0698 e. The molecule has 0 aliphatic carbocycles. The number of nitrogens with one attached hydrogen (secondary N) is 1. The third-order valence-corrected chi connectivity index (χ3v) is 5.02. The van der Waals surface area contributed by atoms with Crippen molar-refractivity contribution in [3.63, 3.8) is 0 Å². The van der Waals surface area contributed by atoms with Crippen molar-refractivity contribution in [3.8, 4) is 0 Å². The lowest BCUT2D eigenvalue weighted by atomic mass is 9.89. The van der Waals surface area contributed by atoms with Crippen molar-refractivity contribution in [2.24, 2.45) is 0 Å². The van der Waals surface area contributed by atoms with Crippen LogP contribution in [0.15, 0.2) is 0 Å². The highest BCUT2D eigenvalue weighted by molar-refractivity contribution is 8.01. The Bertz CT molecular complexity index is 219. The van der Waals surface area contributed by atoms with Crippen LogP contribution in [-0.2, 0) is 4.74 Å². The summed E-state index contributed by atoms with van der Waals surface area (Å²) in [6, 6.07) is 0. The van der Waals surface area contributed by atoms with Crippen molar-refractivity contribution in [2.75, 3.05) is 13.2 Å². The van der Waals surface area contributed by atoms with Crippen LogP contribution in [0.1, 0.15) is 40.0 Å². The molecule has 3 atom stereocenters. The molecule has 2 aliphatic rings. The standard InChI is InChI=1S/C11H21NOS/c1-4-10(3)8-11(5-6-13-10)12-7-9(2)14-11/h9,12H,4-8H2,1-3H3. The Morgan fingerprint density at radius 2 is 2.36 bits per heavy atom. The predicted octanol–water partition coefficient (Wildman–Crippen LogP) is 2.39. The average Bonchev–Trinajstić information content (AvgIpc) is 2.47. The van der Waals surface area contributed by atoms with Crippen molar-refractivity contribution >= 4 is 11.8 Å². The summed E-state index contributed by atoms with van der Waals surface area (Å²) in [5.41, 5.74) is 0.0995. The molecule has 0 aromatic carbocycles. The summed E-state index contributed by atoms with van der Waals surface area (Å²) in [4.78, 5) is 0.322. The minimum atomic E-state index is 0.0995. The molecule has 2 aliphatic heterocycles. The zero-order valence-corrected chi connectivity index (χ0v) is 10.2. The topological polar surface area (TPSA) is 21.3 Å². The number of thioether (sulfide) groups is 1. The van der Waals surface area contributed by atoms with E-state index in [1.807, 2.05) is 0 Å². The summed E-state index contributed by atoms with van der Waals surface area (Å²) in [7, 11) is 0. The highest BCUT2D eigenvalue weighted by Crippen LogP contribution is 2.45. The normalized spacial score (nSPS) is 48.6. The van der Waals surface area contributed by atoms with E-state index in [2.05, 4.69) is 37.8 Å². The third-order valence-electron chi connectivity index (χ3n) is 3.50. The van der Waals surface area contributed by atoms with Crippen molar-refractivity contribution in [1.29, 1.82) is 0 Å². The number of hydrogen-bond donors (Lipinski definition) is 1. The largest absolute Gasteiger partial charge is 0.375 e. The highest BCUT2D eigenvalue weighted by atomic mass is 32.2. The van der Waals surface area contributed by atoms with Crippen LogP contribution < -0.4 is 5.32 Å². The number of rotatable bonds is 1. The molecular weight excluding hydrogens is 194 g/mol. The van der Waals surface area contributed by atoms with E-state index in [0.29, 0.717) is 4.87 Å². The van der Waals surface area contributed by atoms with Gasteiger partial charge in [-0.2, -0.15) is 0 Å². The smallest absolute Gasteiger partial charge is 0.0698 e. The molecule has 0 aromatic rings. The first-order chi connectivity index (χ1) is 6.58. The molecule has 0 bridgehead atoms. The predicted molar refractivity (Wildman–Crippen MR) is 61.7 cm³/mol. The Morgan fingerprint density at radius 3 is 2.93 bits per heavy atom. The molecule has 82 valence electrons. The van der Waals surface area contributed by atoms with Gasteiger partial charge in [-0.1, -0.05) is 13.8 Å². The molecule has 0 radical (unpaired) electrons. The molecule has 0 aromatic heterocycles. The second kappa shape index (κ2) is 3.69. The molecule has 2 heterocycles. The van der Waals surface area contributed by atoms with Crippen LogP contribution in [0.4, 0.5) is 0 Å². The fourth-order valence-electron chi connectivity index (χ4n) is 2.48. The van der Waals surface area contributed by atoms with Crippen LogP contribution in [-0.4, -0.2) is 28.9 Å². The Balaban J connectivity index is 2.07. The Kier molecular flexibility index (Phi) is 2.84. The van der Waals surface area contributed by atoms with Crippen LogP contribution in [0.3, 0.4) is 0 Å². The molecule has 3 heteroatoms. The summed E-state index contributed by atoms with van der Waals surface area (Å²) in [6.45, 7) is 8.86. The van der Waals surface area contributed by atoms with Crippen LogP contribution in [0.5, 0.6) is 0 Å². The summed E-state index contributed by atoms with van der Waals surface area (Å²) < 4.78 is 5.88. The second-order valence-electron chi connectivity index (χ2n) is 4.88. The van der Waals surface area contributed by atoms with Gasteiger partial charge in [0.15, 0.2) is 0 Å². The molecule has 14 heavy (non-hydrogen) atoms. The van der Waals surface area contributed by atoms with Gasteiger partial charge in [-0.15, -0.1) is 11.8 Å². The monoisotopic (exact) mass is 215 g/mol. The van der Waals surface area contributed by atoms with Gasteiger partial charge < -0.3 is 10.1 Å². The van der Waals surface area contributed by atoms with E-state index in [0.717, 1.165) is 37.7 Å². The zero-order chi connectivity index (χ0) is 10.2. The molecule has 0 saturated carbocycles. The van der Waals surface area contributed by atoms with Crippen molar-refractivity contribution in [2.45, 2.75) is 55.8 Å². The van der Waals surface area contributed by atoms with E-state index in [1.165, 1.54) is 0 Å². The lowest BCUT2D eigenvalue weighted by Gasteiger charge is -2.43. The van der Waals surface area contributed by atoms with Crippen LogP contribution in [0.25, 0.3) is 0 Å². The Hall–Kier alpha value is 0.270. The van der Waals surface area contributed by atoms with Gasteiger partial charge in [-0.05, 0) is 19.8 Å². The van der Waals surface area contributed by atoms with Crippen LogP contribution in [0, 0.1) is 0 Å². The first kappa shape index (κ1) is 10.8. The molecule has 2 fully saturated rings. The lowest BCUT2D eigenvalue weighted by molar-refractivity contribution is -0.0826. The minimum Gasteiger partial charge on any atom is -0.375 e. The molecule has 2 saturated heterocycles. The maximum absolute atomic E-state index is 5.88. The minimum absolute atomic E-state index is 0.0995. The summed E-state index contributed by atoms with van der Waals surface area (Å²) in [5, 5.41) is 4.45. The van der Waals surface area contributed by atoms with E-state index in [1.54, 1.807) is 0 Å². The van der Waals surface area contributed by atoms with E-state index in [-0.39, 0.29) is 5.60 Å². The van der Waals surface area contributed by atoms with Crippen molar-refractivity contribution < 1.29 is 4.74 Å². The van der Waals surface area contributed by atoms with Gasteiger partial charge in [0.05, 0.1) is 10.5 Å². The molecule has 2 nitrogen and oxygen atoms in total. The third kappa shape index (κ3) is 1.95. The molecule has 1 spiro atoms. The number of hydrogen-bond acceptors (Lipinski definition) is 3. The van der Waals surface area contributed by atoms with Gasteiger partial charge in [0.2, 0.25) is 0 Å². The Morgan fingerprint density at radius 1 is 1.57 bits per heavy atom. The van der Waals surface area contributed by atoms with E-state index < -0.39 is 0 Å². The molecule has 0 amide bonds. The van der Waals surface area contributed by atoms with E-state index >= 15 is 0 Å². The number of ether oxygens (including phenoxy) is 1. The average molecular weight is 215 g/mol. The first-order valence-corrected chi connectivity index (χ1v) is 6.52. The second-order valence-corrected chi connectivity index (χ2v) is 6.70. The van der Waals surface area contributed by atoms with Gasteiger partial charge in [0, 0.05) is 24.8 Å². The van der Waals surface area contributed by atoms with Gasteiger partial charge in [0.25, 0.3) is 0 Å². The van der Waals surface area contributed by atoms with Gasteiger partial charge in [-0.3, -0.25) is 0 Å². The zero-order valence-electron chi connectivity index (χ0n) is 9.43. The van der Waals surface area contributed by atoms with Crippen LogP contribution in [0.2, 0.25) is 0 Å². The van der Waals surface area contributed by atoms with E-state index in [9.17, 15) is 0 Å². The fourth-order valence-corrected chi connectivity index (χ4v) is 4.18. The van der Waals surface area contributed by atoms with Crippen LogP contribution >= 0.6 is 11.8 Å². The summed E-state index contributed by atoms with van der Waals surface area (Å²) in [6.07, 6.45) is 3.44. The van der Waals surface area contributed by atoms with Crippen molar-refractivity contribution in [3.05, 3.63) is 0 Å². The summed E-state index contributed by atoms with van der Waals surface area (Å²) in [5.74, 6) is 0. The highest BCUT2D eigenvalue weighted by Gasteiger charge is 2.46. The fraction of sp³-hybridized carbons (Fsp3) is 1.00. The lowest BCUT2D eigenvalue weighted by Crippen LogP contribution is -2.50.